The van der Waals surface area contributed by atoms with Crippen molar-refractivity contribution >= 4 is 34.6 Å². The fourth-order valence-corrected chi connectivity index (χ4v) is 6.16. The zero-order valence-corrected chi connectivity index (χ0v) is 27.6. The maximum atomic E-state index is 13.6. The van der Waals surface area contributed by atoms with E-state index >= 15 is 0 Å². The third kappa shape index (κ3) is 6.58. The third-order valence-electron chi connectivity index (χ3n) is 8.73. The summed E-state index contributed by atoms with van der Waals surface area (Å²) in [6, 6.07) is 7.01. The van der Waals surface area contributed by atoms with Crippen LogP contribution in [0.3, 0.4) is 0 Å². The van der Waals surface area contributed by atoms with Crippen LogP contribution in [-0.2, 0) is 44.4 Å². The molecule has 0 spiro atoms. The Morgan fingerprint density at radius 2 is 1.92 bits per heavy atom. The van der Waals surface area contributed by atoms with E-state index in [1.807, 2.05) is 30.0 Å². The first-order valence-electron chi connectivity index (χ1n) is 16.1. The second kappa shape index (κ2) is 13.8. The van der Waals surface area contributed by atoms with E-state index in [4.69, 9.17) is 14.5 Å². The van der Waals surface area contributed by atoms with Gasteiger partial charge in [0.05, 0.1) is 29.0 Å². The predicted molar refractivity (Wildman–Crippen MR) is 175 cm³/mol. The molecule has 0 radical (unpaired) electrons. The van der Waals surface area contributed by atoms with Gasteiger partial charge in [-0.15, -0.1) is 10.2 Å². The summed E-state index contributed by atoms with van der Waals surface area (Å²) in [6.07, 6.45) is 2.31. The summed E-state index contributed by atoms with van der Waals surface area (Å²) in [5.74, 6) is -2.97. The Kier molecular flexibility index (Phi) is 9.49. The summed E-state index contributed by atoms with van der Waals surface area (Å²) in [5, 5.41) is 18.7. The number of hydrogen-bond donors (Lipinski definition) is 2. The molecule has 1 atom stereocenters. The fraction of sp³-hybridized carbons (Fsp3) is 0.382. The van der Waals surface area contributed by atoms with Crippen molar-refractivity contribution < 1.29 is 33.4 Å². The molecule has 0 saturated heterocycles. The highest BCUT2D eigenvalue weighted by Crippen LogP contribution is 2.40. The lowest BCUT2D eigenvalue weighted by atomic mass is 9.86. The minimum atomic E-state index is -1.92. The molecule has 2 aliphatic heterocycles. The smallest absolute Gasteiger partial charge is 0.347 e. The number of carbonyl (C=O) groups excluding carboxylic acids is 3. The monoisotopic (exact) mass is 687 g/mol. The minimum Gasteiger partial charge on any atom is -0.458 e. The van der Waals surface area contributed by atoms with Crippen molar-refractivity contribution in [3.05, 3.63) is 79.4 Å². The molecule has 0 unspecified atom stereocenters. The first-order chi connectivity index (χ1) is 23.9. The van der Waals surface area contributed by atoms with Crippen molar-refractivity contribution in [1.29, 1.82) is 0 Å². The highest BCUT2D eigenvalue weighted by atomic mass is 19.1. The van der Waals surface area contributed by atoms with E-state index in [1.54, 1.807) is 29.7 Å². The molecule has 0 aliphatic carbocycles. The molecule has 2 N–H and O–H groups in total. The van der Waals surface area contributed by atoms with Crippen LogP contribution in [0.15, 0.2) is 50.3 Å². The third-order valence-corrected chi connectivity index (χ3v) is 8.73. The van der Waals surface area contributed by atoms with Crippen molar-refractivity contribution in [3.8, 4) is 17.1 Å². The average Bonchev–Trinajstić information content (AvgIpc) is 3.44. The number of rotatable bonds is 11. The standard InChI is InChI=1S/C34H34FN7O8/c1-4-34(48)22-13-25-29-18(15-42(25)31(45)21(22)17-49-32(34)46)12-19-20(16-41(2)3)26(11-10-24(19)37-29)50-28(44)9-7-5-6-8-27(43)39-40-30-23(35)14-36-33(47)38-30/h10-14,48H,4-9,15-17H2,1-3H3,(H,36,38,47)/b40-39+/t34-/m0/s1. The second-order valence-electron chi connectivity index (χ2n) is 12.5. The molecule has 1 aromatic carbocycles. The van der Waals surface area contributed by atoms with Gasteiger partial charge in [-0.05, 0) is 57.6 Å². The van der Waals surface area contributed by atoms with Gasteiger partial charge in [0.15, 0.2) is 11.4 Å². The number of aromatic amines is 1. The van der Waals surface area contributed by atoms with E-state index < -0.39 is 40.8 Å². The van der Waals surface area contributed by atoms with Gasteiger partial charge in [0.2, 0.25) is 5.82 Å². The zero-order chi connectivity index (χ0) is 35.7. The molecule has 50 heavy (non-hydrogen) atoms. The van der Waals surface area contributed by atoms with Crippen molar-refractivity contribution in [2.24, 2.45) is 10.2 Å². The summed E-state index contributed by atoms with van der Waals surface area (Å²) in [5.41, 5.74) is 0.572. The van der Waals surface area contributed by atoms with Crippen LogP contribution in [0.25, 0.3) is 22.3 Å². The minimum absolute atomic E-state index is 0.0162. The van der Waals surface area contributed by atoms with Crippen LogP contribution in [0.2, 0.25) is 0 Å². The fourth-order valence-electron chi connectivity index (χ4n) is 6.16. The van der Waals surface area contributed by atoms with E-state index in [-0.39, 0.29) is 49.1 Å². The van der Waals surface area contributed by atoms with Crippen molar-refractivity contribution in [2.75, 3.05) is 14.1 Å². The van der Waals surface area contributed by atoms with Gasteiger partial charge < -0.3 is 29.0 Å². The Balaban J connectivity index is 1.15. The number of cyclic esters (lactones) is 1. The number of amides is 1. The van der Waals surface area contributed by atoms with Gasteiger partial charge in [0, 0.05) is 47.7 Å². The Morgan fingerprint density at radius 3 is 2.68 bits per heavy atom. The number of ether oxygens (including phenoxy) is 2. The van der Waals surface area contributed by atoms with Crippen LogP contribution in [0.1, 0.15) is 67.7 Å². The summed E-state index contributed by atoms with van der Waals surface area (Å²) in [4.78, 5) is 74.3. The average molecular weight is 688 g/mol. The number of aliphatic hydroxyl groups is 1. The molecular weight excluding hydrogens is 653 g/mol. The molecule has 0 saturated carbocycles. The lowest BCUT2D eigenvalue weighted by Gasteiger charge is -2.31. The largest absolute Gasteiger partial charge is 0.458 e. The first kappa shape index (κ1) is 34.4. The number of unbranched alkanes of at least 4 members (excludes halogenated alkanes) is 2. The van der Waals surface area contributed by atoms with Gasteiger partial charge in [-0.3, -0.25) is 14.4 Å². The van der Waals surface area contributed by atoms with E-state index in [0.29, 0.717) is 48.5 Å². The number of benzene rings is 1. The Bertz CT molecular complexity index is 2200. The second-order valence-corrected chi connectivity index (χ2v) is 12.5. The first-order valence-corrected chi connectivity index (χ1v) is 16.1. The summed E-state index contributed by atoms with van der Waals surface area (Å²) in [7, 11) is 3.77. The van der Waals surface area contributed by atoms with Crippen molar-refractivity contribution in [1.82, 2.24) is 24.4 Å². The molecule has 260 valence electrons. The molecule has 2 aliphatic rings. The highest BCUT2D eigenvalue weighted by Gasteiger charge is 2.45. The molecular formula is C34H34FN7O8. The van der Waals surface area contributed by atoms with Gasteiger partial charge in [-0.2, -0.15) is 4.98 Å². The summed E-state index contributed by atoms with van der Waals surface area (Å²) in [6.45, 7) is 2.09. The molecule has 15 nitrogen and oxygen atoms in total. The van der Waals surface area contributed by atoms with Crippen LogP contribution in [0.5, 0.6) is 5.75 Å². The summed E-state index contributed by atoms with van der Waals surface area (Å²) < 4.78 is 26.1. The van der Waals surface area contributed by atoms with Crippen LogP contribution in [0.4, 0.5) is 10.2 Å². The van der Waals surface area contributed by atoms with Gasteiger partial charge in [-0.25, -0.2) is 19.0 Å². The molecule has 1 amide bonds. The van der Waals surface area contributed by atoms with Crippen LogP contribution in [0, 0.1) is 5.82 Å². The van der Waals surface area contributed by atoms with E-state index in [9.17, 15) is 33.5 Å². The predicted octanol–water partition coefficient (Wildman–Crippen LogP) is 3.53. The number of fused-ring (bicyclic) bond motifs is 5. The Hall–Kier alpha value is -5.48. The quantitative estimate of drug-likeness (QED) is 0.0891. The normalized spacial score (nSPS) is 16.4. The lowest BCUT2D eigenvalue weighted by Crippen LogP contribution is -2.44. The maximum Gasteiger partial charge on any atom is 0.347 e. The molecule has 6 rings (SSSR count). The van der Waals surface area contributed by atoms with Crippen molar-refractivity contribution in [2.45, 2.75) is 70.7 Å². The Labute approximate surface area is 283 Å². The van der Waals surface area contributed by atoms with Crippen molar-refractivity contribution in [3.63, 3.8) is 0 Å². The molecule has 5 heterocycles. The number of hydrogen-bond acceptors (Lipinski definition) is 12. The van der Waals surface area contributed by atoms with Crippen LogP contribution < -0.4 is 16.0 Å². The lowest BCUT2D eigenvalue weighted by molar-refractivity contribution is -0.172. The molecule has 4 aromatic rings. The van der Waals surface area contributed by atoms with Crippen LogP contribution >= 0.6 is 0 Å². The highest BCUT2D eigenvalue weighted by molar-refractivity contribution is 5.90. The number of aromatic nitrogens is 4. The van der Waals surface area contributed by atoms with Gasteiger partial charge in [0.1, 0.15) is 12.4 Å². The number of nitrogens with one attached hydrogen (secondary N) is 1. The van der Waals surface area contributed by atoms with E-state index in [0.717, 1.165) is 22.7 Å². The van der Waals surface area contributed by atoms with E-state index in [2.05, 4.69) is 15.2 Å². The SMILES string of the molecule is CC[C@@]1(O)C(=O)OCc2c1cc1n(c2=O)Cc2cc3c(CN(C)C)c(OC(=O)CCCCCC(=O)/N=N/c4nc(=O)[nH]cc4F)ccc3nc2-1. The number of nitrogens with zero attached hydrogens (tertiary/aromatic N) is 6. The number of azo groups is 1. The number of pyridine rings is 2. The summed E-state index contributed by atoms with van der Waals surface area (Å²) >= 11 is 0. The Morgan fingerprint density at radius 1 is 1.14 bits per heavy atom. The zero-order valence-electron chi connectivity index (χ0n) is 27.6. The number of esters is 2. The van der Waals surface area contributed by atoms with Gasteiger partial charge in [-0.1, -0.05) is 13.3 Å². The van der Waals surface area contributed by atoms with Gasteiger partial charge >= 0.3 is 17.6 Å². The molecule has 16 heteroatoms. The molecule has 3 aromatic heterocycles. The molecule has 0 fully saturated rings. The van der Waals surface area contributed by atoms with Crippen LogP contribution in [-0.4, -0.2) is 61.5 Å². The number of carbonyl (C=O) groups is 3. The molecule has 0 bridgehead atoms. The van der Waals surface area contributed by atoms with E-state index in [1.165, 1.54) is 0 Å². The topological polar surface area (TPSA) is 198 Å². The maximum absolute atomic E-state index is 13.6. The number of halogens is 1. The van der Waals surface area contributed by atoms with Gasteiger partial charge in [0.25, 0.3) is 11.5 Å². The number of H-pyrrole nitrogens is 1.